The van der Waals surface area contributed by atoms with Crippen LogP contribution in [0.1, 0.15) is 28.5 Å². The molecule has 1 atom stereocenters. The molecule has 3 aromatic rings. The van der Waals surface area contributed by atoms with E-state index in [0.29, 0.717) is 10.9 Å². The van der Waals surface area contributed by atoms with E-state index >= 15 is 0 Å². The molecular formula is C16H15FN4O3S. The molecular weight excluding hydrogens is 347 g/mol. The van der Waals surface area contributed by atoms with Crippen molar-refractivity contribution in [3.8, 4) is 11.4 Å². The minimum Gasteiger partial charge on any atom is -0.463 e. The lowest BCUT2D eigenvalue weighted by Crippen LogP contribution is -2.12. The van der Waals surface area contributed by atoms with Crippen molar-refractivity contribution in [3.63, 3.8) is 0 Å². The highest BCUT2D eigenvalue weighted by Crippen LogP contribution is 2.35. The van der Waals surface area contributed by atoms with E-state index in [0.717, 1.165) is 0 Å². The van der Waals surface area contributed by atoms with Gasteiger partial charge in [-0.3, -0.25) is 0 Å². The normalized spacial score (nSPS) is 12.1. The van der Waals surface area contributed by atoms with Gasteiger partial charge in [0.1, 0.15) is 11.6 Å². The average molecular weight is 362 g/mol. The Morgan fingerprint density at radius 1 is 1.32 bits per heavy atom. The molecule has 0 spiro atoms. The minimum absolute atomic E-state index is 0.117. The van der Waals surface area contributed by atoms with Crippen LogP contribution in [0.4, 0.5) is 4.39 Å². The number of carbonyl (C=O) groups excluding carboxylic acids is 1. The number of hydrogen-bond acceptors (Lipinski definition) is 7. The van der Waals surface area contributed by atoms with E-state index in [1.807, 2.05) is 6.92 Å². The van der Waals surface area contributed by atoms with Gasteiger partial charge in [0.2, 0.25) is 10.9 Å². The van der Waals surface area contributed by atoms with Gasteiger partial charge in [0.25, 0.3) is 0 Å². The topological polar surface area (TPSA) is 96.2 Å². The smallest absolute Gasteiger partial charge is 0.373 e. The van der Waals surface area contributed by atoms with Gasteiger partial charge in [-0.2, -0.15) is 0 Å². The second-order valence-electron chi connectivity index (χ2n) is 5.11. The highest BCUT2D eigenvalue weighted by atomic mass is 32.2. The number of hydrogen-bond donors (Lipinski definition) is 1. The van der Waals surface area contributed by atoms with Crippen LogP contribution in [0.25, 0.3) is 11.4 Å². The second-order valence-corrected chi connectivity index (χ2v) is 6.42. The standard InChI is InChI=1S/C16H15FN4O3S/c1-9(12-7-8-13(24-12)15(22)23-2)25-16-20-19-14(21(16)18)10-5-3-4-6-11(10)17/h3-9H,18H2,1-2H3. The average Bonchev–Trinajstić information content (AvgIpc) is 3.23. The number of benzene rings is 1. The van der Waals surface area contributed by atoms with E-state index in [2.05, 4.69) is 14.9 Å². The summed E-state index contributed by atoms with van der Waals surface area (Å²) in [7, 11) is 1.28. The monoisotopic (exact) mass is 362 g/mol. The summed E-state index contributed by atoms with van der Waals surface area (Å²) in [5, 5.41) is 8.16. The number of rotatable bonds is 5. The molecule has 0 radical (unpaired) electrons. The number of furan rings is 1. The van der Waals surface area contributed by atoms with Gasteiger partial charge in [-0.15, -0.1) is 10.2 Å². The molecule has 2 N–H and O–H groups in total. The fourth-order valence-corrected chi connectivity index (χ4v) is 3.03. The number of ether oxygens (including phenoxy) is 1. The summed E-state index contributed by atoms with van der Waals surface area (Å²) in [4.78, 5) is 11.4. The lowest BCUT2D eigenvalue weighted by molar-refractivity contribution is 0.0563. The van der Waals surface area contributed by atoms with Crippen LogP contribution < -0.4 is 5.84 Å². The van der Waals surface area contributed by atoms with Gasteiger partial charge in [-0.05, 0) is 31.2 Å². The van der Waals surface area contributed by atoms with E-state index < -0.39 is 11.8 Å². The first kappa shape index (κ1) is 17.0. The number of methoxy groups -OCH3 is 1. The SMILES string of the molecule is COC(=O)c1ccc(C(C)Sc2nnc(-c3ccccc3F)n2N)o1. The molecule has 0 amide bonds. The van der Waals surface area contributed by atoms with Gasteiger partial charge >= 0.3 is 5.97 Å². The molecule has 0 saturated carbocycles. The second kappa shape index (κ2) is 6.98. The Morgan fingerprint density at radius 2 is 2.08 bits per heavy atom. The molecule has 0 bridgehead atoms. The Balaban J connectivity index is 1.81. The molecule has 7 nitrogen and oxygen atoms in total. The summed E-state index contributed by atoms with van der Waals surface area (Å²) in [6.45, 7) is 1.86. The first-order valence-corrected chi connectivity index (χ1v) is 8.19. The minimum atomic E-state index is -0.549. The summed E-state index contributed by atoms with van der Waals surface area (Å²) < 4.78 is 25.2. The predicted molar refractivity (Wildman–Crippen MR) is 89.9 cm³/mol. The fraction of sp³-hybridized carbons (Fsp3) is 0.188. The molecule has 0 saturated heterocycles. The van der Waals surface area contributed by atoms with Crippen LogP contribution >= 0.6 is 11.8 Å². The Morgan fingerprint density at radius 3 is 2.80 bits per heavy atom. The zero-order valence-electron chi connectivity index (χ0n) is 13.5. The quantitative estimate of drug-likeness (QED) is 0.423. The van der Waals surface area contributed by atoms with Gasteiger partial charge in [-0.1, -0.05) is 23.9 Å². The van der Waals surface area contributed by atoms with E-state index in [9.17, 15) is 9.18 Å². The van der Waals surface area contributed by atoms with Gasteiger partial charge in [0.15, 0.2) is 5.82 Å². The van der Waals surface area contributed by atoms with Crippen molar-refractivity contribution < 1.29 is 18.3 Å². The van der Waals surface area contributed by atoms with Crippen molar-refractivity contribution in [3.05, 3.63) is 53.7 Å². The maximum absolute atomic E-state index is 13.9. The molecule has 2 aromatic heterocycles. The summed E-state index contributed by atoms with van der Waals surface area (Å²) in [5.74, 6) is 5.92. The van der Waals surface area contributed by atoms with Crippen LogP contribution in [-0.2, 0) is 4.74 Å². The number of thioether (sulfide) groups is 1. The third kappa shape index (κ3) is 3.36. The molecule has 1 unspecified atom stereocenters. The van der Waals surface area contributed by atoms with Crippen LogP contribution in [0, 0.1) is 5.82 Å². The van der Waals surface area contributed by atoms with Crippen molar-refractivity contribution in [2.75, 3.05) is 13.0 Å². The van der Waals surface area contributed by atoms with Gasteiger partial charge in [0, 0.05) is 0 Å². The van der Waals surface area contributed by atoms with Gasteiger partial charge in [0.05, 0.1) is 17.9 Å². The maximum Gasteiger partial charge on any atom is 0.373 e. The zero-order chi connectivity index (χ0) is 18.0. The van der Waals surface area contributed by atoms with Crippen molar-refractivity contribution >= 4 is 17.7 Å². The third-order valence-corrected chi connectivity index (χ3v) is 4.55. The van der Waals surface area contributed by atoms with Crippen LogP contribution in [-0.4, -0.2) is 28.0 Å². The molecule has 0 aliphatic heterocycles. The first-order chi connectivity index (χ1) is 12.0. The van der Waals surface area contributed by atoms with E-state index in [4.69, 9.17) is 10.3 Å². The third-order valence-electron chi connectivity index (χ3n) is 3.48. The number of carbonyl (C=O) groups is 1. The maximum atomic E-state index is 13.9. The highest BCUT2D eigenvalue weighted by Gasteiger charge is 2.21. The summed E-state index contributed by atoms with van der Waals surface area (Å²) in [6, 6.07) is 9.41. The zero-order valence-corrected chi connectivity index (χ0v) is 14.3. The number of aromatic nitrogens is 3. The Labute approximate surface area is 147 Å². The molecule has 0 aliphatic carbocycles. The van der Waals surface area contributed by atoms with Crippen LogP contribution in [0.5, 0.6) is 0 Å². The summed E-state index contributed by atoms with van der Waals surface area (Å²) in [5.41, 5.74) is 0.267. The molecule has 3 rings (SSSR count). The highest BCUT2D eigenvalue weighted by molar-refractivity contribution is 7.99. The first-order valence-electron chi connectivity index (χ1n) is 7.31. The Bertz CT molecular complexity index is 908. The van der Waals surface area contributed by atoms with Crippen LogP contribution in [0.15, 0.2) is 46.0 Å². The molecule has 2 heterocycles. The number of nitrogen functional groups attached to an aromatic ring is 1. The molecule has 0 aliphatic rings. The van der Waals surface area contributed by atoms with Crippen LogP contribution in [0.3, 0.4) is 0 Å². The van der Waals surface area contributed by atoms with Crippen molar-refractivity contribution in [2.24, 2.45) is 0 Å². The lowest BCUT2D eigenvalue weighted by Gasteiger charge is -2.08. The lowest BCUT2D eigenvalue weighted by atomic mass is 10.2. The number of halogens is 1. The van der Waals surface area contributed by atoms with Gasteiger partial charge in [-0.25, -0.2) is 13.9 Å². The molecule has 9 heteroatoms. The molecule has 1 aromatic carbocycles. The van der Waals surface area contributed by atoms with Crippen molar-refractivity contribution in [1.82, 2.24) is 14.9 Å². The van der Waals surface area contributed by atoms with E-state index in [-0.39, 0.29) is 22.4 Å². The van der Waals surface area contributed by atoms with E-state index in [1.54, 1.807) is 24.3 Å². The largest absolute Gasteiger partial charge is 0.463 e. The van der Waals surface area contributed by atoms with Crippen molar-refractivity contribution in [2.45, 2.75) is 17.3 Å². The Kier molecular flexibility index (Phi) is 4.75. The Hall–Kier alpha value is -2.81. The molecule has 0 fully saturated rings. The molecule has 25 heavy (non-hydrogen) atoms. The molecule has 130 valence electrons. The fourth-order valence-electron chi connectivity index (χ4n) is 2.18. The number of nitrogens with zero attached hydrogens (tertiary/aromatic N) is 3. The summed E-state index contributed by atoms with van der Waals surface area (Å²) >= 11 is 1.27. The van der Waals surface area contributed by atoms with Crippen molar-refractivity contribution in [1.29, 1.82) is 0 Å². The predicted octanol–water partition coefficient (Wildman–Crippen LogP) is 3.03. The van der Waals surface area contributed by atoms with Crippen LogP contribution in [0.2, 0.25) is 0 Å². The summed E-state index contributed by atoms with van der Waals surface area (Å²) in [6.07, 6.45) is 0. The van der Waals surface area contributed by atoms with Gasteiger partial charge < -0.3 is 15.0 Å². The van der Waals surface area contributed by atoms with E-state index in [1.165, 1.54) is 35.7 Å². The number of esters is 1. The number of nitrogens with two attached hydrogens (primary N) is 1.